The number of ketones is 1. The molecule has 0 heterocycles. The number of carbonyl (C=O) groups excluding carboxylic acids is 1. The van der Waals surface area contributed by atoms with Gasteiger partial charge in [0.15, 0.2) is 5.78 Å². The molecule has 2 aliphatic rings. The molecule has 4 aromatic carbocycles. The summed E-state index contributed by atoms with van der Waals surface area (Å²) in [4.78, 5) is 15.1. The van der Waals surface area contributed by atoms with E-state index in [4.69, 9.17) is 23.2 Å². The minimum absolute atomic E-state index is 0.000923. The van der Waals surface area contributed by atoms with Crippen molar-refractivity contribution in [2.45, 2.75) is 43.0 Å². The maximum atomic E-state index is 15.1. The van der Waals surface area contributed by atoms with E-state index in [-0.39, 0.29) is 12.3 Å². The van der Waals surface area contributed by atoms with Crippen molar-refractivity contribution in [3.8, 4) is 0 Å². The number of carbonyl (C=O) groups is 1. The number of rotatable bonds is 8. The van der Waals surface area contributed by atoms with Crippen LogP contribution in [0, 0.1) is 0 Å². The smallest absolute Gasteiger partial charge is 0.156 e. The largest absolute Gasteiger partial charge is 0.298 e. The van der Waals surface area contributed by atoms with Crippen LogP contribution in [0.3, 0.4) is 0 Å². The maximum absolute atomic E-state index is 15.1. The van der Waals surface area contributed by atoms with Gasteiger partial charge in [-0.3, -0.25) is 4.79 Å². The molecule has 4 aromatic rings. The van der Waals surface area contributed by atoms with Gasteiger partial charge in [0, 0.05) is 30.8 Å². The SMILES string of the molecule is O=C(C(c1ccc(C2CC2(Br)Br)cc1)c1cc(Br)ccc1Cl)C(c1ccc(C2CC2(Br)Br)cc1)c1cc(Br)ccc1Cl. The Kier molecular flexibility index (Phi) is 9.37. The van der Waals surface area contributed by atoms with Crippen LogP contribution in [0.5, 0.6) is 0 Å². The summed E-state index contributed by atoms with van der Waals surface area (Å²) in [6.07, 6.45) is 2.02. The Balaban J connectivity index is 1.47. The molecule has 2 saturated carbocycles. The third-order valence-corrected chi connectivity index (χ3v) is 13.3. The average molecular weight is 985 g/mol. The third kappa shape index (κ3) is 6.61. The molecule has 0 N–H and O–H groups in total. The Bertz CT molecular complexity index is 1550. The van der Waals surface area contributed by atoms with Gasteiger partial charge in [0.1, 0.15) is 0 Å². The average Bonchev–Trinajstić information content (AvgIpc) is 3.81. The molecule has 0 saturated heterocycles. The van der Waals surface area contributed by atoms with Gasteiger partial charge in [-0.2, -0.15) is 0 Å². The predicted octanol–water partition coefficient (Wildman–Crippen LogP) is 13.0. The van der Waals surface area contributed by atoms with Crippen LogP contribution in [0.4, 0.5) is 0 Å². The van der Waals surface area contributed by atoms with Gasteiger partial charge in [-0.05, 0) is 82.6 Å². The topological polar surface area (TPSA) is 17.1 Å². The Morgan fingerprint density at radius 2 is 0.952 bits per heavy atom. The lowest BCUT2D eigenvalue weighted by atomic mass is 9.76. The molecule has 6 rings (SSSR count). The van der Waals surface area contributed by atoms with E-state index < -0.39 is 11.8 Å². The summed E-state index contributed by atoms with van der Waals surface area (Å²) in [6.45, 7) is 0. The molecule has 0 aliphatic heterocycles. The molecule has 0 aromatic heterocycles. The van der Waals surface area contributed by atoms with Crippen molar-refractivity contribution in [3.63, 3.8) is 0 Å². The molecule has 0 radical (unpaired) electrons. The normalized spacial score (nSPS) is 21.4. The maximum Gasteiger partial charge on any atom is 0.156 e. The highest BCUT2D eigenvalue weighted by molar-refractivity contribution is 9.26. The quantitative estimate of drug-likeness (QED) is 0.161. The van der Waals surface area contributed by atoms with Gasteiger partial charge in [0.2, 0.25) is 0 Å². The van der Waals surface area contributed by atoms with E-state index in [1.54, 1.807) is 0 Å². The van der Waals surface area contributed by atoms with E-state index in [0.717, 1.165) is 44.0 Å². The van der Waals surface area contributed by atoms with E-state index in [0.29, 0.717) is 21.9 Å². The van der Waals surface area contributed by atoms with Gasteiger partial charge >= 0.3 is 0 Å². The zero-order valence-corrected chi connectivity index (χ0v) is 32.8. The highest BCUT2D eigenvalue weighted by atomic mass is 79.9. The number of hydrogen-bond donors (Lipinski definition) is 0. The van der Waals surface area contributed by atoms with E-state index in [1.807, 2.05) is 36.4 Å². The van der Waals surface area contributed by atoms with Crippen molar-refractivity contribution in [2.24, 2.45) is 0 Å². The first-order chi connectivity index (χ1) is 19.9. The molecule has 0 bridgehead atoms. The summed E-state index contributed by atoms with van der Waals surface area (Å²) < 4.78 is 1.61. The number of Topliss-reactive ketones (excluding diaryl/α,β-unsaturated/α-hetero) is 1. The minimum atomic E-state index is -0.623. The van der Waals surface area contributed by atoms with Crippen LogP contribution in [-0.2, 0) is 4.79 Å². The molecule has 0 amide bonds. The molecule has 42 heavy (non-hydrogen) atoms. The summed E-state index contributed by atoms with van der Waals surface area (Å²) >= 11 is 35.8. The summed E-state index contributed by atoms with van der Waals surface area (Å²) in [7, 11) is 0. The van der Waals surface area contributed by atoms with Crippen molar-refractivity contribution in [2.75, 3.05) is 0 Å². The lowest BCUT2D eigenvalue weighted by molar-refractivity contribution is -0.120. The molecule has 9 heteroatoms. The van der Waals surface area contributed by atoms with Crippen LogP contribution in [0.15, 0.2) is 93.9 Å². The summed E-state index contributed by atoms with van der Waals surface area (Å²) in [5, 5.41) is 1.08. The third-order valence-electron chi connectivity index (χ3n) is 8.10. The molecule has 0 spiro atoms. The van der Waals surface area contributed by atoms with Crippen molar-refractivity contribution in [1.29, 1.82) is 0 Å². The predicted molar refractivity (Wildman–Crippen MR) is 196 cm³/mol. The summed E-state index contributed by atoms with van der Waals surface area (Å²) in [5.41, 5.74) is 5.70. The van der Waals surface area contributed by atoms with E-state index >= 15 is 4.79 Å². The molecule has 1 nitrogen and oxygen atoms in total. The zero-order chi connectivity index (χ0) is 30.0. The van der Waals surface area contributed by atoms with Gasteiger partial charge in [0.25, 0.3) is 0 Å². The number of benzene rings is 4. The van der Waals surface area contributed by atoms with Crippen molar-refractivity contribution < 1.29 is 4.79 Å². The van der Waals surface area contributed by atoms with Gasteiger partial charge < -0.3 is 0 Å². The lowest BCUT2D eigenvalue weighted by Crippen LogP contribution is -2.23. The first kappa shape index (κ1) is 32.0. The molecule has 4 unspecified atom stereocenters. The first-order valence-corrected chi connectivity index (χ1v) is 18.8. The standard InChI is InChI=1S/C33H22Br6Cl2O/c34-21-9-11-27(40)23(13-21)29(19-5-1-17(2-6-19)25-15-32(25,36)37)31(42)30(24-14-22(35)10-12-28(24)41)20-7-3-18(4-8-20)26-16-33(26,38)39/h1-14,25-26,29-30H,15-16H2. The Morgan fingerprint density at radius 3 is 1.26 bits per heavy atom. The van der Waals surface area contributed by atoms with Crippen molar-refractivity contribution >= 4 is 125 Å². The number of halogens is 8. The van der Waals surface area contributed by atoms with Crippen LogP contribution < -0.4 is 0 Å². The summed E-state index contributed by atoms with van der Waals surface area (Å²) in [6, 6.07) is 28.1. The second kappa shape index (κ2) is 12.3. The second-order valence-corrected chi connectivity index (χ2v) is 21.4. The van der Waals surface area contributed by atoms with E-state index in [1.165, 1.54) is 11.1 Å². The molecule has 2 aliphatic carbocycles. The zero-order valence-electron chi connectivity index (χ0n) is 21.7. The molecule has 4 atom stereocenters. The van der Waals surface area contributed by atoms with Gasteiger partial charge in [-0.1, -0.05) is 167 Å². The number of hydrogen-bond acceptors (Lipinski definition) is 1. The second-order valence-electron chi connectivity index (χ2n) is 11.0. The first-order valence-electron chi connectivity index (χ1n) is 13.2. The fourth-order valence-electron chi connectivity index (χ4n) is 5.62. The highest BCUT2D eigenvalue weighted by Gasteiger charge is 2.51. The van der Waals surface area contributed by atoms with Crippen molar-refractivity contribution in [3.05, 3.63) is 137 Å². The van der Waals surface area contributed by atoms with Crippen LogP contribution >= 0.6 is 119 Å². The molecular weight excluding hydrogens is 963 g/mol. The molecule has 2 fully saturated rings. The molecule has 216 valence electrons. The van der Waals surface area contributed by atoms with Gasteiger partial charge in [-0.15, -0.1) is 0 Å². The van der Waals surface area contributed by atoms with Gasteiger partial charge in [-0.25, -0.2) is 0 Å². The van der Waals surface area contributed by atoms with Crippen LogP contribution in [-0.4, -0.2) is 12.3 Å². The number of alkyl halides is 4. The van der Waals surface area contributed by atoms with E-state index in [9.17, 15) is 0 Å². The Morgan fingerprint density at radius 1 is 0.619 bits per heavy atom. The monoisotopic (exact) mass is 978 g/mol. The van der Waals surface area contributed by atoms with Gasteiger partial charge in [0.05, 0.1) is 18.3 Å². The van der Waals surface area contributed by atoms with Crippen LogP contribution in [0.25, 0.3) is 0 Å². The van der Waals surface area contributed by atoms with Crippen molar-refractivity contribution in [1.82, 2.24) is 0 Å². The fourth-order valence-corrected chi connectivity index (χ4v) is 9.19. The van der Waals surface area contributed by atoms with Crippen LogP contribution in [0.2, 0.25) is 10.0 Å². The van der Waals surface area contributed by atoms with Crippen LogP contribution in [0.1, 0.15) is 69.9 Å². The lowest BCUT2D eigenvalue weighted by Gasteiger charge is -2.26. The molecular formula is C33H22Br6Cl2O. The minimum Gasteiger partial charge on any atom is -0.298 e. The Labute approximate surface area is 306 Å². The highest BCUT2D eigenvalue weighted by Crippen LogP contribution is 2.63. The summed E-state index contributed by atoms with van der Waals surface area (Å²) in [5.74, 6) is -0.486. The van der Waals surface area contributed by atoms with E-state index in [2.05, 4.69) is 144 Å². The Hall–Kier alpha value is 0.01000. The fraction of sp³-hybridized carbons (Fsp3) is 0.242.